The number of ketones is 1. The Hall–Kier alpha value is -1.41. The summed E-state index contributed by atoms with van der Waals surface area (Å²) in [6.07, 6.45) is 0.515. The number of carbonyl (C=O) groups excluding carboxylic acids is 1. The summed E-state index contributed by atoms with van der Waals surface area (Å²) in [5.41, 5.74) is 3.42. The molecule has 2 heteroatoms. The van der Waals surface area contributed by atoms with Crippen LogP contribution in [0, 0.1) is 0 Å². The number of benzene rings is 2. The van der Waals surface area contributed by atoms with Crippen molar-refractivity contribution in [1.82, 2.24) is 0 Å². The van der Waals surface area contributed by atoms with Gasteiger partial charge in [0.25, 0.3) is 0 Å². The lowest BCUT2D eigenvalue weighted by atomic mass is 10.0. The van der Waals surface area contributed by atoms with Gasteiger partial charge in [0.05, 0.1) is 0 Å². The van der Waals surface area contributed by atoms with Crippen molar-refractivity contribution in [2.24, 2.45) is 0 Å². The van der Waals surface area contributed by atoms with E-state index in [1.165, 1.54) is 11.1 Å². The van der Waals surface area contributed by atoms with Gasteiger partial charge in [-0.05, 0) is 35.7 Å². The van der Waals surface area contributed by atoms with Crippen LogP contribution in [0.2, 0.25) is 0 Å². The smallest absolute Gasteiger partial charge is 0.134 e. The second-order valence-electron chi connectivity index (χ2n) is 4.08. The first-order chi connectivity index (χ1) is 8.15. The van der Waals surface area contributed by atoms with Gasteiger partial charge >= 0.3 is 0 Å². The predicted octanol–water partition coefficient (Wildman–Crippen LogP) is 4.25. The molecule has 0 aliphatic rings. The molecule has 0 bridgehead atoms. The summed E-state index contributed by atoms with van der Waals surface area (Å²) in [7, 11) is 0. The van der Waals surface area contributed by atoms with E-state index in [1.54, 1.807) is 6.92 Å². The van der Waals surface area contributed by atoms with Crippen molar-refractivity contribution in [3.8, 4) is 11.1 Å². The second-order valence-corrected chi connectivity index (χ2v) is 5.00. The molecule has 0 atom stereocenters. The van der Waals surface area contributed by atoms with E-state index in [0.29, 0.717) is 6.42 Å². The third-order valence-electron chi connectivity index (χ3n) is 2.58. The van der Waals surface area contributed by atoms with E-state index >= 15 is 0 Å². The van der Waals surface area contributed by atoms with Gasteiger partial charge in [-0.15, -0.1) is 0 Å². The van der Waals surface area contributed by atoms with E-state index in [1.807, 2.05) is 24.3 Å². The van der Waals surface area contributed by atoms with Crippen LogP contribution >= 0.6 is 15.9 Å². The van der Waals surface area contributed by atoms with Gasteiger partial charge in [-0.3, -0.25) is 4.79 Å². The quantitative estimate of drug-likeness (QED) is 0.825. The van der Waals surface area contributed by atoms with Crippen LogP contribution < -0.4 is 0 Å². The first kappa shape index (κ1) is 12.1. The molecule has 0 aromatic heterocycles. The molecule has 1 nitrogen and oxygen atoms in total. The van der Waals surface area contributed by atoms with Crippen LogP contribution in [-0.4, -0.2) is 5.78 Å². The van der Waals surface area contributed by atoms with Gasteiger partial charge in [-0.1, -0.05) is 52.3 Å². The summed E-state index contributed by atoms with van der Waals surface area (Å²) in [6, 6.07) is 16.3. The maximum absolute atomic E-state index is 11.0. The lowest BCUT2D eigenvalue weighted by Gasteiger charge is -2.03. The molecule has 17 heavy (non-hydrogen) atoms. The Kier molecular flexibility index (Phi) is 3.75. The Morgan fingerprint density at radius 2 is 1.41 bits per heavy atom. The van der Waals surface area contributed by atoms with Gasteiger partial charge < -0.3 is 0 Å². The van der Waals surface area contributed by atoms with Gasteiger partial charge in [0.15, 0.2) is 0 Å². The fourth-order valence-corrected chi connectivity index (χ4v) is 2.01. The lowest BCUT2D eigenvalue weighted by molar-refractivity contribution is -0.116. The summed E-state index contributed by atoms with van der Waals surface area (Å²) in [6.45, 7) is 1.61. The van der Waals surface area contributed by atoms with Gasteiger partial charge in [0.2, 0.25) is 0 Å². The molecule has 0 saturated carbocycles. The molecule has 2 rings (SSSR count). The summed E-state index contributed by atoms with van der Waals surface area (Å²) in [4.78, 5) is 11.0. The molecule has 0 aliphatic heterocycles. The number of hydrogen-bond acceptors (Lipinski definition) is 1. The molecule has 2 aromatic carbocycles. The highest BCUT2D eigenvalue weighted by atomic mass is 79.9. The molecule has 86 valence electrons. The first-order valence-electron chi connectivity index (χ1n) is 5.49. The van der Waals surface area contributed by atoms with Crippen LogP contribution in [0.1, 0.15) is 12.5 Å². The Bertz CT molecular complexity index is 512. The highest BCUT2D eigenvalue weighted by molar-refractivity contribution is 9.10. The zero-order valence-electron chi connectivity index (χ0n) is 9.61. The Morgan fingerprint density at radius 1 is 0.941 bits per heavy atom. The monoisotopic (exact) mass is 288 g/mol. The third-order valence-corrected chi connectivity index (χ3v) is 3.11. The minimum absolute atomic E-state index is 0.196. The minimum atomic E-state index is 0.196. The molecule has 2 aromatic rings. The summed E-state index contributed by atoms with van der Waals surface area (Å²) >= 11 is 3.42. The number of hydrogen-bond donors (Lipinski definition) is 0. The molecular weight excluding hydrogens is 276 g/mol. The Labute approximate surface area is 110 Å². The van der Waals surface area contributed by atoms with E-state index in [0.717, 1.165) is 10.0 Å². The Balaban J connectivity index is 2.23. The maximum atomic E-state index is 11.0. The molecule has 0 heterocycles. The largest absolute Gasteiger partial charge is 0.300 e. The van der Waals surface area contributed by atoms with Gasteiger partial charge in [-0.25, -0.2) is 0 Å². The van der Waals surface area contributed by atoms with Crippen LogP contribution in [0.3, 0.4) is 0 Å². The van der Waals surface area contributed by atoms with Gasteiger partial charge in [0.1, 0.15) is 5.78 Å². The summed E-state index contributed by atoms with van der Waals surface area (Å²) < 4.78 is 1.08. The van der Waals surface area contributed by atoms with E-state index in [4.69, 9.17) is 0 Å². The predicted molar refractivity (Wildman–Crippen MR) is 74.0 cm³/mol. The highest BCUT2D eigenvalue weighted by Crippen LogP contribution is 2.22. The zero-order chi connectivity index (χ0) is 12.3. The topological polar surface area (TPSA) is 17.1 Å². The standard InChI is InChI=1S/C15H13BrO/c1-11(17)10-12-2-4-13(5-3-12)14-6-8-15(16)9-7-14/h2-9H,10H2,1H3. The van der Waals surface area contributed by atoms with E-state index in [9.17, 15) is 4.79 Å². The van der Waals surface area contributed by atoms with Crippen molar-refractivity contribution < 1.29 is 4.79 Å². The van der Waals surface area contributed by atoms with Crippen molar-refractivity contribution in [2.75, 3.05) is 0 Å². The molecule has 0 N–H and O–H groups in total. The average Bonchev–Trinajstić information content (AvgIpc) is 2.30. The molecule has 0 spiro atoms. The molecule has 0 fully saturated rings. The molecule has 0 aliphatic carbocycles. The van der Waals surface area contributed by atoms with Crippen molar-refractivity contribution >= 4 is 21.7 Å². The average molecular weight is 289 g/mol. The van der Waals surface area contributed by atoms with Crippen LogP contribution in [0.25, 0.3) is 11.1 Å². The van der Waals surface area contributed by atoms with Crippen LogP contribution in [-0.2, 0) is 11.2 Å². The number of halogens is 1. The SMILES string of the molecule is CC(=O)Cc1ccc(-c2ccc(Br)cc2)cc1. The van der Waals surface area contributed by atoms with Crippen LogP contribution in [0.5, 0.6) is 0 Å². The van der Waals surface area contributed by atoms with Crippen molar-refractivity contribution in [3.05, 3.63) is 58.6 Å². The number of Topliss-reactive ketones (excluding diaryl/α,β-unsaturated/α-hetero) is 1. The Morgan fingerprint density at radius 3 is 1.88 bits per heavy atom. The van der Waals surface area contributed by atoms with Crippen molar-refractivity contribution in [3.63, 3.8) is 0 Å². The molecular formula is C15H13BrO. The molecule has 0 saturated heterocycles. The number of carbonyl (C=O) groups is 1. The lowest BCUT2D eigenvalue weighted by Crippen LogP contribution is -1.95. The minimum Gasteiger partial charge on any atom is -0.300 e. The first-order valence-corrected chi connectivity index (χ1v) is 6.29. The van der Waals surface area contributed by atoms with Crippen molar-refractivity contribution in [1.29, 1.82) is 0 Å². The van der Waals surface area contributed by atoms with E-state index in [2.05, 4.69) is 40.2 Å². The highest BCUT2D eigenvalue weighted by Gasteiger charge is 2.00. The molecule has 0 amide bonds. The molecule has 0 unspecified atom stereocenters. The van der Waals surface area contributed by atoms with Gasteiger partial charge in [-0.2, -0.15) is 0 Å². The van der Waals surface area contributed by atoms with Gasteiger partial charge in [0, 0.05) is 10.9 Å². The van der Waals surface area contributed by atoms with Crippen LogP contribution in [0.15, 0.2) is 53.0 Å². The van der Waals surface area contributed by atoms with Crippen LogP contribution in [0.4, 0.5) is 0 Å². The normalized spacial score (nSPS) is 10.2. The zero-order valence-corrected chi connectivity index (χ0v) is 11.2. The maximum Gasteiger partial charge on any atom is 0.134 e. The summed E-state index contributed by atoms with van der Waals surface area (Å²) in [5.74, 6) is 0.196. The molecule has 0 radical (unpaired) electrons. The van der Waals surface area contributed by atoms with E-state index < -0.39 is 0 Å². The summed E-state index contributed by atoms with van der Waals surface area (Å²) in [5, 5.41) is 0. The second kappa shape index (κ2) is 5.28. The fourth-order valence-electron chi connectivity index (χ4n) is 1.74. The third kappa shape index (κ3) is 3.27. The van der Waals surface area contributed by atoms with E-state index in [-0.39, 0.29) is 5.78 Å². The van der Waals surface area contributed by atoms with Crippen molar-refractivity contribution in [2.45, 2.75) is 13.3 Å². The fraction of sp³-hybridized carbons (Fsp3) is 0.133. The number of rotatable bonds is 3.